The Morgan fingerprint density at radius 1 is 1.47 bits per heavy atom. The molecule has 0 unspecified atom stereocenters. The smallest absolute Gasteiger partial charge is 0.265 e. The number of nitriles is 1. The Labute approximate surface area is 87.0 Å². The lowest BCUT2D eigenvalue weighted by molar-refractivity contribution is 0.389. The van der Waals surface area contributed by atoms with Crippen LogP contribution in [0.2, 0.25) is 0 Å². The van der Waals surface area contributed by atoms with E-state index in [1.807, 2.05) is 0 Å². The van der Waals surface area contributed by atoms with Gasteiger partial charge >= 0.3 is 0 Å². The maximum atomic E-state index is 11.3. The number of aryl methyl sites for hydroxylation is 1. The molecule has 0 saturated carbocycles. The van der Waals surface area contributed by atoms with Crippen molar-refractivity contribution < 1.29 is 0 Å². The number of hydrogen-bond acceptors (Lipinski definition) is 3. The highest BCUT2D eigenvalue weighted by Gasteiger charge is 2.16. The van der Waals surface area contributed by atoms with Crippen LogP contribution < -0.4 is 11.1 Å². The number of H-pyrrole nitrogens is 1. The third-order valence-corrected chi connectivity index (χ3v) is 2.15. The Hall–Kier alpha value is -1.83. The third-order valence-electron chi connectivity index (χ3n) is 2.15. The van der Waals surface area contributed by atoms with E-state index in [2.05, 4.69) is 11.2 Å². The first-order valence-electron chi connectivity index (χ1n) is 4.66. The number of aromatic amines is 1. The van der Waals surface area contributed by atoms with Crippen LogP contribution >= 0.6 is 0 Å². The lowest BCUT2D eigenvalue weighted by atomic mass is 9.92. The van der Waals surface area contributed by atoms with Gasteiger partial charge in [0.25, 0.3) is 11.1 Å². The average Bonchev–Trinajstić information content (AvgIpc) is 2.20. The van der Waals surface area contributed by atoms with Gasteiger partial charge in [-0.05, 0) is 20.3 Å². The van der Waals surface area contributed by atoms with Gasteiger partial charge in [0, 0.05) is 18.7 Å². The van der Waals surface area contributed by atoms with Gasteiger partial charge in [0.1, 0.15) is 0 Å². The zero-order chi connectivity index (χ0) is 11.5. The first kappa shape index (κ1) is 11.2. The van der Waals surface area contributed by atoms with Crippen LogP contribution in [0.5, 0.6) is 0 Å². The number of hydrogen-bond donors (Lipinski definition) is 1. The molecule has 1 aromatic heterocycles. The molecule has 5 heteroatoms. The fourth-order valence-electron chi connectivity index (χ4n) is 1.08. The number of rotatable bonds is 3. The Kier molecular flexibility index (Phi) is 3.10. The van der Waals surface area contributed by atoms with E-state index in [0.29, 0.717) is 13.0 Å². The zero-order valence-corrected chi connectivity index (χ0v) is 8.78. The van der Waals surface area contributed by atoms with Gasteiger partial charge in [-0.3, -0.25) is 19.4 Å². The standard InChI is InChI=1S/C10H13N3O2/c1-10(2,7-11)5-6-13-9(15)4-3-8(14)12-13/h3-4H,5-6H2,1-2H3,(H,12,14). The predicted octanol–water partition coefficient (Wildman–Crippen LogP) is 0.476. The normalized spacial score (nSPS) is 11.0. The summed E-state index contributed by atoms with van der Waals surface area (Å²) < 4.78 is 1.22. The van der Waals surface area contributed by atoms with Crippen LogP contribution in [0.1, 0.15) is 20.3 Å². The second kappa shape index (κ2) is 4.13. The fraction of sp³-hybridized carbons (Fsp3) is 0.500. The highest BCUT2D eigenvalue weighted by Crippen LogP contribution is 2.18. The fourth-order valence-corrected chi connectivity index (χ4v) is 1.08. The van der Waals surface area contributed by atoms with Crippen molar-refractivity contribution in [2.24, 2.45) is 5.41 Å². The van der Waals surface area contributed by atoms with E-state index in [0.717, 1.165) is 0 Å². The SMILES string of the molecule is CC(C)(C#N)CCn1[nH]c(=O)ccc1=O. The lowest BCUT2D eigenvalue weighted by Crippen LogP contribution is -2.29. The second-order valence-electron chi connectivity index (χ2n) is 4.04. The second-order valence-corrected chi connectivity index (χ2v) is 4.04. The van der Waals surface area contributed by atoms with E-state index in [-0.39, 0.29) is 11.1 Å². The molecule has 0 amide bonds. The summed E-state index contributed by atoms with van der Waals surface area (Å²) in [7, 11) is 0. The van der Waals surface area contributed by atoms with Gasteiger partial charge in [-0.2, -0.15) is 5.26 Å². The van der Waals surface area contributed by atoms with E-state index in [4.69, 9.17) is 5.26 Å². The van der Waals surface area contributed by atoms with Crippen LogP contribution in [0.25, 0.3) is 0 Å². The molecule has 0 aliphatic carbocycles. The van der Waals surface area contributed by atoms with Crippen molar-refractivity contribution in [1.29, 1.82) is 5.26 Å². The van der Waals surface area contributed by atoms with Crippen molar-refractivity contribution in [3.05, 3.63) is 32.8 Å². The Balaban J connectivity index is 2.84. The summed E-state index contributed by atoms with van der Waals surface area (Å²) in [5.41, 5.74) is -1.07. The summed E-state index contributed by atoms with van der Waals surface area (Å²) in [4.78, 5) is 22.2. The Morgan fingerprint density at radius 3 is 2.73 bits per heavy atom. The lowest BCUT2D eigenvalue weighted by Gasteiger charge is -2.14. The van der Waals surface area contributed by atoms with Crippen LogP contribution in [0, 0.1) is 16.7 Å². The van der Waals surface area contributed by atoms with E-state index in [9.17, 15) is 9.59 Å². The highest BCUT2D eigenvalue weighted by molar-refractivity contribution is 4.92. The van der Waals surface area contributed by atoms with Gasteiger partial charge in [0.2, 0.25) is 0 Å². The summed E-state index contributed by atoms with van der Waals surface area (Å²) in [6.07, 6.45) is 0.517. The monoisotopic (exact) mass is 207 g/mol. The average molecular weight is 207 g/mol. The summed E-state index contributed by atoms with van der Waals surface area (Å²) in [5, 5.41) is 11.2. The molecular weight excluding hydrogens is 194 g/mol. The molecule has 0 spiro atoms. The first-order chi connectivity index (χ1) is 6.94. The molecule has 1 N–H and O–H groups in total. The largest absolute Gasteiger partial charge is 0.268 e. The Bertz CT molecular complexity index is 490. The molecule has 0 aromatic carbocycles. The molecule has 0 saturated heterocycles. The predicted molar refractivity (Wildman–Crippen MR) is 55.3 cm³/mol. The summed E-state index contributed by atoms with van der Waals surface area (Å²) >= 11 is 0. The summed E-state index contributed by atoms with van der Waals surface area (Å²) in [6, 6.07) is 4.55. The topological polar surface area (TPSA) is 78.7 Å². The van der Waals surface area contributed by atoms with Gasteiger partial charge in [0.05, 0.1) is 11.5 Å². The maximum absolute atomic E-state index is 11.3. The maximum Gasteiger partial charge on any atom is 0.265 e. The van der Waals surface area contributed by atoms with Crippen molar-refractivity contribution in [1.82, 2.24) is 9.78 Å². The third kappa shape index (κ3) is 3.09. The molecular formula is C10H13N3O2. The van der Waals surface area contributed by atoms with E-state index < -0.39 is 5.41 Å². The molecule has 0 atom stereocenters. The van der Waals surface area contributed by atoms with Gasteiger partial charge < -0.3 is 0 Å². The number of nitrogens with one attached hydrogen (secondary N) is 1. The van der Waals surface area contributed by atoms with Crippen LogP contribution in [-0.2, 0) is 6.54 Å². The molecule has 0 aliphatic rings. The van der Waals surface area contributed by atoms with Gasteiger partial charge in [-0.15, -0.1) is 0 Å². The molecule has 0 aliphatic heterocycles. The summed E-state index contributed by atoms with van der Waals surface area (Å²) in [5.74, 6) is 0. The van der Waals surface area contributed by atoms with Crippen molar-refractivity contribution in [3.63, 3.8) is 0 Å². The first-order valence-corrected chi connectivity index (χ1v) is 4.66. The molecule has 0 fully saturated rings. The minimum Gasteiger partial charge on any atom is -0.268 e. The summed E-state index contributed by atoms with van der Waals surface area (Å²) in [6.45, 7) is 3.92. The van der Waals surface area contributed by atoms with Gasteiger partial charge in [0.15, 0.2) is 0 Å². The van der Waals surface area contributed by atoms with Crippen LogP contribution in [0.4, 0.5) is 0 Å². The molecule has 80 valence electrons. The van der Waals surface area contributed by atoms with Gasteiger partial charge in [-0.1, -0.05) is 0 Å². The minimum atomic E-state index is -0.494. The Morgan fingerprint density at radius 2 is 2.13 bits per heavy atom. The van der Waals surface area contributed by atoms with Crippen molar-refractivity contribution in [2.45, 2.75) is 26.8 Å². The van der Waals surface area contributed by atoms with E-state index >= 15 is 0 Å². The molecule has 1 heterocycles. The van der Waals surface area contributed by atoms with Crippen LogP contribution in [0.3, 0.4) is 0 Å². The molecule has 15 heavy (non-hydrogen) atoms. The van der Waals surface area contributed by atoms with Crippen molar-refractivity contribution >= 4 is 0 Å². The van der Waals surface area contributed by atoms with Crippen LogP contribution in [-0.4, -0.2) is 9.78 Å². The van der Waals surface area contributed by atoms with Crippen molar-refractivity contribution in [3.8, 4) is 6.07 Å². The van der Waals surface area contributed by atoms with E-state index in [1.54, 1.807) is 13.8 Å². The number of nitrogens with zero attached hydrogens (tertiary/aromatic N) is 2. The quantitative estimate of drug-likeness (QED) is 0.782. The van der Waals surface area contributed by atoms with E-state index in [1.165, 1.54) is 16.8 Å². The van der Waals surface area contributed by atoms with Crippen molar-refractivity contribution in [2.75, 3.05) is 0 Å². The number of aromatic nitrogens is 2. The molecule has 5 nitrogen and oxygen atoms in total. The van der Waals surface area contributed by atoms with Crippen LogP contribution in [0.15, 0.2) is 21.7 Å². The molecule has 1 aromatic rings. The molecule has 0 bridgehead atoms. The minimum absolute atomic E-state index is 0.261. The highest BCUT2D eigenvalue weighted by atomic mass is 16.1. The molecule has 0 radical (unpaired) electrons. The zero-order valence-electron chi connectivity index (χ0n) is 8.78. The molecule has 1 rings (SSSR count). The van der Waals surface area contributed by atoms with Gasteiger partial charge in [-0.25, -0.2) is 0 Å².